The summed E-state index contributed by atoms with van der Waals surface area (Å²) in [5.74, 6) is 0. The molecule has 0 saturated heterocycles. The van der Waals surface area contributed by atoms with E-state index in [1.54, 1.807) is 36.4 Å². The normalized spacial score (nSPS) is 11.0. The Labute approximate surface area is 110 Å². The highest BCUT2D eigenvalue weighted by Crippen LogP contribution is 2.25. The lowest BCUT2D eigenvalue weighted by Crippen LogP contribution is -2.14. The van der Waals surface area contributed by atoms with Crippen molar-refractivity contribution in [3.8, 4) is 0 Å². The quantitative estimate of drug-likeness (QED) is 0.687. The summed E-state index contributed by atoms with van der Waals surface area (Å²) in [5, 5.41) is 0. The molecular weight excluding hydrogens is 266 g/mol. The predicted octanol–water partition coefficient (Wildman–Crippen LogP) is 2.23. The van der Waals surface area contributed by atoms with Crippen molar-refractivity contribution in [2.45, 2.75) is 4.90 Å². The lowest BCUT2D eigenvalue weighted by molar-refractivity contribution is -0.106. The van der Waals surface area contributed by atoms with Crippen LogP contribution in [0.3, 0.4) is 0 Å². The van der Waals surface area contributed by atoms with Gasteiger partial charge in [0.2, 0.25) is 6.41 Å². The van der Waals surface area contributed by atoms with Crippen LogP contribution in [0.4, 0.5) is 11.4 Å². The number of nitrogens with zero attached hydrogens (tertiary/aromatic N) is 1. The van der Waals surface area contributed by atoms with E-state index in [-0.39, 0.29) is 4.90 Å². The highest BCUT2D eigenvalue weighted by Gasteiger charge is 2.13. The Morgan fingerprint density at radius 1 is 0.947 bits per heavy atom. The molecule has 0 saturated carbocycles. The molecule has 0 aliphatic carbocycles. The van der Waals surface area contributed by atoms with Gasteiger partial charge in [0.25, 0.3) is 10.1 Å². The number of hydrogen-bond donors (Lipinski definition) is 1. The van der Waals surface area contributed by atoms with Gasteiger partial charge in [-0.1, -0.05) is 24.3 Å². The minimum absolute atomic E-state index is 0.257. The summed E-state index contributed by atoms with van der Waals surface area (Å²) in [4.78, 5) is 12.2. The van der Waals surface area contributed by atoms with Crippen molar-refractivity contribution >= 4 is 27.9 Å². The van der Waals surface area contributed by atoms with Crippen molar-refractivity contribution in [2.24, 2.45) is 0 Å². The number of amides is 1. The third-order valence-corrected chi connectivity index (χ3v) is 3.38. The minimum Gasteiger partial charge on any atom is -0.284 e. The van der Waals surface area contributed by atoms with Gasteiger partial charge in [-0.05, 0) is 30.3 Å². The third kappa shape index (κ3) is 2.98. The predicted molar refractivity (Wildman–Crippen MR) is 70.9 cm³/mol. The Hall–Kier alpha value is -2.18. The average Bonchev–Trinajstić information content (AvgIpc) is 2.40. The Morgan fingerprint density at radius 2 is 1.58 bits per heavy atom. The molecule has 0 radical (unpaired) electrons. The number of anilines is 2. The molecular formula is C13H11NO4S. The molecule has 2 rings (SSSR count). The van der Waals surface area contributed by atoms with E-state index in [9.17, 15) is 13.2 Å². The zero-order valence-corrected chi connectivity index (χ0v) is 10.6. The van der Waals surface area contributed by atoms with E-state index < -0.39 is 10.1 Å². The second-order valence-corrected chi connectivity index (χ2v) is 5.20. The molecule has 0 bridgehead atoms. The van der Waals surface area contributed by atoms with Crippen LogP contribution in [0.25, 0.3) is 0 Å². The van der Waals surface area contributed by atoms with Crippen LogP contribution in [0.1, 0.15) is 0 Å². The topological polar surface area (TPSA) is 74.7 Å². The van der Waals surface area contributed by atoms with Crippen molar-refractivity contribution in [1.82, 2.24) is 0 Å². The molecule has 2 aromatic carbocycles. The van der Waals surface area contributed by atoms with E-state index in [1.807, 2.05) is 0 Å². The molecule has 0 spiro atoms. The van der Waals surface area contributed by atoms with Crippen LogP contribution in [-0.2, 0) is 14.9 Å². The fourth-order valence-electron chi connectivity index (χ4n) is 1.65. The van der Waals surface area contributed by atoms with Gasteiger partial charge in [-0.2, -0.15) is 8.42 Å². The Bertz CT molecular complexity index is 683. The number of rotatable bonds is 4. The number of hydrogen-bond acceptors (Lipinski definition) is 3. The highest BCUT2D eigenvalue weighted by molar-refractivity contribution is 7.85. The van der Waals surface area contributed by atoms with Gasteiger partial charge < -0.3 is 0 Å². The Kier molecular flexibility index (Phi) is 3.64. The van der Waals surface area contributed by atoms with Crippen molar-refractivity contribution in [3.05, 3.63) is 54.6 Å². The molecule has 5 nitrogen and oxygen atoms in total. The van der Waals surface area contributed by atoms with Crippen molar-refractivity contribution in [3.63, 3.8) is 0 Å². The zero-order valence-electron chi connectivity index (χ0n) is 9.80. The highest BCUT2D eigenvalue weighted by atomic mass is 32.2. The van der Waals surface area contributed by atoms with Crippen molar-refractivity contribution < 1.29 is 17.8 Å². The molecule has 1 amide bonds. The van der Waals surface area contributed by atoms with Crippen LogP contribution in [0.2, 0.25) is 0 Å². The molecule has 0 aliphatic rings. The molecule has 6 heteroatoms. The van der Waals surface area contributed by atoms with Crippen LogP contribution < -0.4 is 4.90 Å². The number of carbonyl (C=O) groups excluding carboxylic acids is 1. The molecule has 2 aromatic rings. The Morgan fingerprint density at radius 3 is 2.16 bits per heavy atom. The fourth-order valence-corrected chi connectivity index (χ4v) is 2.17. The molecule has 1 N–H and O–H groups in total. The van der Waals surface area contributed by atoms with Gasteiger partial charge in [-0.3, -0.25) is 14.2 Å². The second-order valence-electron chi connectivity index (χ2n) is 3.78. The van der Waals surface area contributed by atoms with E-state index in [1.165, 1.54) is 23.1 Å². The smallest absolute Gasteiger partial charge is 0.284 e. The zero-order chi connectivity index (χ0) is 13.9. The van der Waals surface area contributed by atoms with Gasteiger partial charge in [0.05, 0.1) is 4.90 Å². The fraction of sp³-hybridized carbons (Fsp3) is 0. The summed E-state index contributed by atoms with van der Waals surface area (Å²) >= 11 is 0. The summed E-state index contributed by atoms with van der Waals surface area (Å²) in [6, 6.07) is 14.3. The van der Waals surface area contributed by atoms with Crippen LogP contribution in [0.5, 0.6) is 0 Å². The molecule has 0 aliphatic heterocycles. The van der Waals surface area contributed by atoms with Crippen LogP contribution in [0, 0.1) is 0 Å². The van der Waals surface area contributed by atoms with Gasteiger partial charge in [0.15, 0.2) is 0 Å². The van der Waals surface area contributed by atoms with Gasteiger partial charge in [0, 0.05) is 11.4 Å². The maximum atomic E-state index is 11.2. The molecule has 98 valence electrons. The van der Waals surface area contributed by atoms with E-state index in [2.05, 4.69) is 0 Å². The monoisotopic (exact) mass is 277 g/mol. The first-order chi connectivity index (χ1) is 9.02. The molecule has 0 heterocycles. The maximum absolute atomic E-state index is 11.2. The second kappa shape index (κ2) is 5.21. The molecule has 0 aromatic heterocycles. The summed E-state index contributed by atoms with van der Waals surface area (Å²) < 4.78 is 31.2. The number of para-hydroxylation sites is 1. The number of carbonyl (C=O) groups is 1. The molecule has 0 unspecified atom stereocenters. The summed E-state index contributed by atoms with van der Waals surface area (Å²) in [6.07, 6.45) is 0.582. The van der Waals surface area contributed by atoms with Crippen molar-refractivity contribution in [1.29, 1.82) is 0 Å². The van der Waals surface area contributed by atoms with Crippen LogP contribution in [-0.4, -0.2) is 19.4 Å². The SMILES string of the molecule is O=CN(c1ccccc1)c1cccc(S(=O)(=O)O)c1. The summed E-state index contributed by atoms with van der Waals surface area (Å²) in [7, 11) is -4.29. The first-order valence-corrected chi connectivity index (χ1v) is 6.83. The number of benzene rings is 2. The lowest BCUT2D eigenvalue weighted by atomic mass is 10.2. The standard InChI is InChI=1S/C13H11NO4S/c15-10-14(11-5-2-1-3-6-11)12-7-4-8-13(9-12)19(16,17)18/h1-10H,(H,16,17,18). The summed E-state index contributed by atoms with van der Waals surface area (Å²) in [5.41, 5.74) is 0.960. The summed E-state index contributed by atoms with van der Waals surface area (Å²) in [6.45, 7) is 0. The largest absolute Gasteiger partial charge is 0.294 e. The third-order valence-electron chi connectivity index (χ3n) is 2.53. The molecule has 0 fully saturated rings. The first-order valence-electron chi connectivity index (χ1n) is 5.39. The van der Waals surface area contributed by atoms with E-state index >= 15 is 0 Å². The van der Waals surface area contributed by atoms with Crippen LogP contribution >= 0.6 is 0 Å². The lowest BCUT2D eigenvalue weighted by Gasteiger charge is -2.17. The van der Waals surface area contributed by atoms with Gasteiger partial charge in [-0.15, -0.1) is 0 Å². The molecule has 0 atom stereocenters. The Balaban J connectivity index is 2.48. The van der Waals surface area contributed by atoms with Crippen molar-refractivity contribution in [2.75, 3.05) is 4.90 Å². The minimum atomic E-state index is -4.29. The first kappa shape index (κ1) is 13.3. The van der Waals surface area contributed by atoms with E-state index in [4.69, 9.17) is 4.55 Å². The average molecular weight is 277 g/mol. The van der Waals surface area contributed by atoms with E-state index in [0.29, 0.717) is 17.8 Å². The van der Waals surface area contributed by atoms with Gasteiger partial charge >= 0.3 is 0 Å². The van der Waals surface area contributed by atoms with E-state index in [0.717, 1.165) is 0 Å². The van der Waals surface area contributed by atoms with Crippen LogP contribution in [0.15, 0.2) is 59.5 Å². The van der Waals surface area contributed by atoms with Gasteiger partial charge in [0.1, 0.15) is 0 Å². The maximum Gasteiger partial charge on any atom is 0.294 e. The molecule has 19 heavy (non-hydrogen) atoms. The van der Waals surface area contributed by atoms with Gasteiger partial charge in [-0.25, -0.2) is 0 Å².